The summed E-state index contributed by atoms with van der Waals surface area (Å²) in [6, 6.07) is 24.7. The highest BCUT2D eigenvalue weighted by Gasteiger charge is 2.21. The number of carbonyl (C=O) groups is 1. The Morgan fingerprint density at radius 3 is 2.34 bits per heavy atom. The number of carbonyl (C=O) groups excluding carboxylic acids is 1. The second kappa shape index (κ2) is 9.85. The van der Waals surface area contributed by atoms with Crippen LogP contribution < -0.4 is 10.9 Å². The molecule has 0 spiro atoms. The molecule has 5 rings (SSSR count). The summed E-state index contributed by atoms with van der Waals surface area (Å²) in [5, 5.41) is 3.75. The molecule has 1 amide bonds. The number of thioether (sulfide) groups is 1. The summed E-state index contributed by atoms with van der Waals surface area (Å²) >= 11 is 2.65. The van der Waals surface area contributed by atoms with Crippen LogP contribution in [0.5, 0.6) is 0 Å². The lowest BCUT2D eigenvalue weighted by Gasteiger charge is -2.13. The molecule has 0 fully saturated rings. The van der Waals surface area contributed by atoms with Crippen molar-refractivity contribution in [2.24, 2.45) is 0 Å². The van der Waals surface area contributed by atoms with Crippen LogP contribution in [0.3, 0.4) is 0 Å². The van der Waals surface area contributed by atoms with Crippen molar-refractivity contribution >= 4 is 44.9 Å². The van der Waals surface area contributed by atoms with Crippen molar-refractivity contribution in [3.63, 3.8) is 0 Å². The largest absolute Gasteiger partial charge is 0.325 e. The quantitative estimate of drug-likeness (QED) is 0.219. The van der Waals surface area contributed by atoms with Crippen molar-refractivity contribution in [2.45, 2.75) is 12.1 Å². The fourth-order valence-electron chi connectivity index (χ4n) is 3.86. The standard InChI is InChI=1S/C27H20FN3O2S2/c1-17-23(18-8-4-2-5-9-18)24-25(35-17)30-27(31(26(24)33)21-10-6-3-7-11-21)34-16-22(32)29-20-14-12-19(28)13-15-20/h2-15H,16H2,1H3,(H,29,32). The second-order valence-corrected chi connectivity index (χ2v) is 9.94. The number of anilines is 1. The van der Waals surface area contributed by atoms with Crippen molar-refractivity contribution < 1.29 is 9.18 Å². The Hall–Kier alpha value is -3.75. The zero-order valence-electron chi connectivity index (χ0n) is 18.7. The number of halogens is 1. The van der Waals surface area contributed by atoms with Gasteiger partial charge in [0.15, 0.2) is 5.16 Å². The monoisotopic (exact) mass is 501 g/mol. The normalized spacial score (nSPS) is 11.0. The molecule has 1 N–H and O–H groups in total. The maximum atomic E-state index is 13.9. The molecule has 0 bridgehead atoms. The fraction of sp³-hybridized carbons (Fsp3) is 0.0741. The Bertz CT molecular complexity index is 1560. The number of aromatic nitrogens is 2. The average Bonchev–Trinajstić information content (AvgIpc) is 3.21. The topological polar surface area (TPSA) is 64.0 Å². The molecular weight excluding hydrogens is 481 g/mol. The molecule has 35 heavy (non-hydrogen) atoms. The Balaban J connectivity index is 1.56. The number of fused-ring (bicyclic) bond motifs is 1. The number of amides is 1. The molecule has 0 aliphatic carbocycles. The van der Waals surface area contributed by atoms with E-state index in [-0.39, 0.29) is 23.0 Å². The van der Waals surface area contributed by atoms with Gasteiger partial charge < -0.3 is 5.32 Å². The SMILES string of the molecule is Cc1sc2nc(SCC(=O)Nc3ccc(F)cc3)n(-c3ccccc3)c(=O)c2c1-c1ccccc1. The molecule has 0 aliphatic heterocycles. The third-order valence-electron chi connectivity index (χ3n) is 5.41. The summed E-state index contributed by atoms with van der Waals surface area (Å²) in [5.41, 5.74) is 2.86. The summed E-state index contributed by atoms with van der Waals surface area (Å²) in [6.07, 6.45) is 0. The number of aryl methyl sites for hydroxylation is 1. The first-order chi connectivity index (χ1) is 17.0. The summed E-state index contributed by atoms with van der Waals surface area (Å²) < 4.78 is 14.7. The predicted molar refractivity (Wildman–Crippen MR) is 141 cm³/mol. The molecule has 0 saturated carbocycles. The lowest BCUT2D eigenvalue weighted by atomic mass is 10.0. The molecule has 0 radical (unpaired) electrons. The van der Waals surface area contributed by atoms with E-state index in [9.17, 15) is 14.0 Å². The van der Waals surface area contributed by atoms with Gasteiger partial charge in [0.25, 0.3) is 5.56 Å². The number of rotatable bonds is 6. The molecule has 0 atom stereocenters. The minimum Gasteiger partial charge on any atom is -0.325 e. The van der Waals surface area contributed by atoms with Crippen LogP contribution >= 0.6 is 23.1 Å². The first-order valence-corrected chi connectivity index (χ1v) is 12.7. The van der Waals surface area contributed by atoms with E-state index in [2.05, 4.69) is 5.32 Å². The van der Waals surface area contributed by atoms with E-state index in [4.69, 9.17) is 4.98 Å². The van der Waals surface area contributed by atoms with Gasteiger partial charge in [0.05, 0.1) is 16.8 Å². The summed E-state index contributed by atoms with van der Waals surface area (Å²) in [6.45, 7) is 1.99. The first kappa shape index (κ1) is 23.0. The highest BCUT2D eigenvalue weighted by atomic mass is 32.2. The molecule has 0 aliphatic rings. The Morgan fingerprint density at radius 2 is 1.66 bits per heavy atom. The van der Waals surface area contributed by atoms with E-state index in [1.54, 1.807) is 4.57 Å². The number of nitrogens with one attached hydrogen (secondary N) is 1. The van der Waals surface area contributed by atoms with Gasteiger partial charge in [0.1, 0.15) is 10.6 Å². The summed E-state index contributed by atoms with van der Waals surface area (Å²) in [7, 11) is 0. The molecule has 2 heterocycles. The van der Waals surface area contributed by atoms with Crippen molar-refractivity contribution in [2.75, 3.05) is 11.1 Å². The number of benzene rings is 3. The van der Waals surface area contributed by atoms with Crippen LogP contribution in [0.2, 0.25) is 0 Å². The van der Waals surface area contributed by atoms with Gasteiger partial charge in [-0.2, -0.15) is 0 Å². The molecule has 3 aromatic carbocycles. The number of hydrogen-bond acceptors (Lipinski definition) is 5. The lowest BCUT2D eigenvalue weighted by Crippen LogP contribution is -2.22. The second-order valence-electron chi connectivity index (χ2n) is 7.79. The number of thiophene rings is 1. The van der Waals surface area contributed by atoms with Gasteiger partial charge in [0.2, 0.25) is 5.91 Å². The van der Waals surface area contributed by atoms with Gasteiger partial charge in [-0.1, -0.05) is 60.3 Å². The Kier molecular flexibility index (Phi) is 6.48. The van der Waals surface area contributed by atoms with Crippen LogP contribution in [0.25, 0.3) is 27.0 Å². The fourth-order valence-corrected chi connectivity index (χ4v) is 5.76. The van der Waals surface area contributed by atoms with Crippen LogP contribution in [0.15, 0.2) is 94.9 Å². The molecule has 5 nitrogen and oxygen atoms in total. The zero-order chi connectivity index (χ0) is 24.4. The van der Waals surface area contributed by atoms with E-state index < -0.39 is 0 Å². The maximum Gasteiger partial charge on any atom is 0.268 e. The Morgan fingerprint density at radius 1 is 1.00 bits per heavy atom. The van der Waals surface area contributed by atoms with Crippen molar-refractivity contribution in [3.8, 4) is 16.8 Å². The summed E-state index contributed by atoms with van der Waals surface area (Å²) in [5.74, 6) is -0.608. The number of hydrogen-bond donors (Lipinski definition) is 1. The summed E-state index contributed by atoms with van der Waals surface area (Å²) in [4.78, 5) is 32.9. The first-order valence-electron chi connectivity index (χ1n) is 10.9. The average molecular weight is 502 g/mol. The van der Waals surface area contributed by atoms with E-state index in [0.717, 1.165) is 16.0 Å². The van der Waals surface area contributed by atoms with Crippen molar-refractivity contribution in [1.29, 1.82) is 0 Å². The zero-order valence-corrected chi connectivity index (χ0v) is 20.3. The third-order valence-corrected chi connectivity index (χ3v) is 7.35. The van der Waals surface area contributed by atoms with Crippen LogP contribution in [-0.2, 0) is 4.79 Å². The van der Waals surface area contributed by atoms with Crippen molar-refractivity contribution in [1.82, 2.24) is 9.55 Å². The van der Waals surface area contributed by atoms with E-state index in [1.165, 1.54) is 47.4 Å². The van der Waals surface area contributed by atoms with Gasteiger partial charge >= 0.3 is 0 Å². The third kappa shape index (κ3) is 4.76. The number of para-hydroxylation sites is 1. The van der Waals surface area contributed by atoms with Gasteiger partial charge in [-0.3, -0.25) is 14.2 Å². The molecule has 174 valence electrons. The van der Waals surface area contributed by atoms with E-state index in [1.807, 2.05) is 67.6 Å². The highest BCUT2D eigenvalue weighted by molar-refractivity contribution is 7.99. The predicted octanol–water partition coefficient (Wildman–Crippen LogP) is 6.29. The smallest absolute Gasteiger partial charge is 0.268 e. The van der Waals surface area contributed by atoms with Crippen LogP contribution in [0, 0.1) is 12.7 Å². The molecule has 0 saturated heterocycles. The minimum absolute atomic E-state index is 0.0397. The van der Waals surface area contributed by atoms with Gasteiger partial charge in [0, 0.05) is 16.1 Å². The lowest BCUT2D eigenvalue weighted by molar-refractivity contribution is -0.113. The molecular formula is C27H20FN3O2S2. The van der Waals surface area contributed by atoms with Crippen molar-refractivity contribution in [3.05, 3.63) is 106 Å². The minimum atomic E-state index is -0.372. The van der Waals surface area contributed by atoms with Gasteiger partial charge in [-0.05, 0) is 48.9 Å². The van der Waals surface area contributed by atoms with Crippen LogP contribution in [0.4, 0.5) is 10.1 Å². The molecule has 0 unspecified atom stereocenters. The maximum absolute atomic E-state index is 13.9. The highest BCUT2D eigenvalue weighted by Crippen LogP contribution is 2.37. The van der Waals surface area contributed by atoms with Crippen LogP contribution in [0.1, 0.15) is 4.88 Å². The Labute approximate surface area is 209 Å². The molecule has 2 aromatic heterocycles. The van der Waals surface area contributed by atoms with Crippen LogP contribution in [-0.4, -0.2) is 21.2 Å². The number of nitrogens with zero attached hydrogens (tertiary/aromatic N) is 2. The molecule has 5 aromatic rings. The van der Waals surface area contributed by atoms with E-state index >= 15 is 0 Å². The van der Waals surface area contributed by atoms with Gasteiger partial charge in [-0.25, -0.2) is 9.37 Å². The molecule has 8 heteroatoms. The van der Waals surface area contributed by atoms with E-state index in [0.29, 0.717) is 26.7 Å². The van der Waals surface area contributed by atoms with Gasteiger partial charge in [-0.15, -0.1) is 11.3 Å².